The minimum Gasteiger partial charge on any atom is -0.467 e. The molecule has 1 amide bonds. The summed E-state index contributed by atoms with van der Waals surface area (Å²) in [6, 6.07) is 12.3. The molecule has 0 radical (unpaired) electrons. The summed E-state index contributed by atoms with van der Waals surface area (Å²) in [5, 5.41) is 2.82. The van der Waals surface area contributed by atoms with Gasteiger partial charge in [0.2, 0.25) is 0 Å². The number of Topliss-reactive ketones (excluding diaryl/α,β-unsaturated/α-hetero) is 1. The predicted octanol–water partition coefficient (Wildman–Crippen LogP) is 3.49. The summed E-state index contributed by atoms with van der Waals surface area (Å²) >= 11 is 0. The van der Waals surface area contributed by atoms with Gasteiger partial charge in [-0.2, -0.15) is 0 Å². The number of hydrogen-bond acceptors (Lipinski definition) is 5. The fourth-order valence-corrected chi connectivity index (χ4v) is 3.31. The minimum absolute atomic E-state index is 0.141. The molecule has 0 aliphatic heterocycles. The van der Waals surface area contributed by atoms with E-state index in [1.54, 1.807) is 26.0 Å². The Hall–Kier alpha value is -3.61. The number of amides is 1. The zero-order valence-electron chi connectivity index (χ0n) is 16.4. The van der Waals surface area contributed by atoms with E-state index in [1.807, 2.05) is 30.3 Å². The molecule has 7 nitrogen and oxygen atoms in total. The summed E-state index contributed by atoms with van der Waals surface area (Å²) in [6.45, 7) is 4.35. The highest BCUT2D eigenvalue weighted by Crippen LogP contribution is 2.22. The van der Waals surface area contributed by atoms with E-state index in [9.17, 15) is 14.4 Å². The fourth-order valence-electron chi connectivity index (χ4n) is 3.31. The fraction of sp³-hybridized carbons (Fsp3) is 0.227. The van der Waals surface area contributed by atoms with Crippen molar-refractivity contribution in [2.24, 2.45) is 0 Å². The number of rotatable bonds is 7. The van der Waals surface area contributed by atoms with Gasteiger partial charge in [-0.15, -0.1) is 0 Å². The van der Waals surface area contributed by atoms with Gasteiger partial charge in [-0.3, -0.25) is 9.59 Å². The lowest BCUT2D eigenvalue weighted by atomic mass is 10.0. The van der Waals surface area contributed by atoms with E-state index in [0.717, 1.165) is 5.56 Å². The van der Waals surface area contributed by atoms with Gasteiger partial charge in [0.05, 0.1) is 6.26 Å². The number of benzene rings is 1. The van der Waals surface area contributed by atoms with Crippen LogP contribution in [0.25, 0.3) is 0 Å². The summed E-state index contributed by atoms with van der Waals surface area (Å²) in [5.41, 5.74) is 2.57. The Morgan fingerprint density at radius 2 is 1.83 bits per heavy atom. The Balaban J connectivity index is 1.68. The van der Waals surface area contributed by atoms with Crippen LogP contribution in [0.15, 0.2) is 53.1 Å². The van der Waals surface area contributed by atoms with Crippen molar-refractivity contribution in [3.63, 3.8) is 0 Å². The Bertz CT molecular complexity index is 1020. The van der Waals surface area contributed by atoms with Crippen LogP contribution in [0.3, 0.4) is 0 Å². The van der Waals surface area contributed by atoms with Gasteiger partial charge < -0.3 is 19.5 Å². The van der Waals surface area contributed by atoms with Crippen LogP contribution in [0.5, 0.6) is 0 Å². The maximum atomic E-state index is 12.4. The molecule has 0 fully saturated rings. The highest BCUT2D eigenvalue weighted by atomic mass is 16.5. The van der Waals surface area contributed by atoms with E-state index in [2.05, 4.69) is 10.3 Å². The number of furan rings is 1. The molecule has 0 bridgehead atoms. The van der Waals surface area contributed by atoms with Gasteiger partial charge in [-0.25, -0.2) is 4.79 Å². The Morgan fingerprint density at radius 3 is 2.41 bits per heavy atom. The molecular weight excluding hydrogens is 372 g/mol. The summed E-state index contributed by atoms with van der Waals surface area (Å²) < 4.78 is 10.6. The third-order valence-corrected chi connectivity index (χ3v) is 4.59. The average Bonchev–Trinajstić information content (AvgIpc) is 3.32. The number of ether oxygens (including phenoxy) is 1. The Morgan fingerprint density at radius 1 is 1.10 bits per heavy atom. The second-order valence-electron chi connectivity index (χ2n) is 6.68. The number of aromatic amines is 1. The first kappa shape index (κ1) is 20.1. The first-order valence-electron chi connectivity index (χ1n) is 9.13. The number of esters is 1. The van der Waals surface area contributed by atoms with E-state index in [4.69, 9.17) is 9.15 Å². The molecule has 3 rings (SSSR count). The van der Waals surface area contributed by atoms with Crippen LogP contribution in [0, 0.1) is 13.8 Å². The first-order valence-corrected chi connectivity index (χ1v) is 9.13. The van der Waals surface area contributed by atoms with Crippen molar-refractivity contribution in [2.45, 2.75) is 26.8 Å². The predicted molar refractivity (Wildman–Crippen MR) is 106 cm³/mol. The highest BCUT2D eigenvalue weighted by Gasteiger charge is 2.23. The van der Waals surface area contributed by atoms with Crippen LogP contribution in [0.4, 0.5) is 0 Å². The smallest absolute Gasteiger partial charge is 0.355 e. The average molecular weight is 394 g/mol. The second-order valence-corrected chi connectivity index (χ2v) is 6.68. The minimum atomic E-state index is -0.692. The van der Waals surface area contributed by atoms with E-state index in [1.165, 1.54) is 13.2 Å². The molecule has 1 atom stereocenters. The van der Waals surface area contributed by atoms with Crippen LogP contribution >= 0.6 is 0 Å². The molecule has 0 spiro atoms. The third-order valence-electron chi connectivity index (χ3n) is 4.59. The maximum absolute atomic E-state index is 12.4. The lowest BCUT2D eigenvalue weighted by Crippen LogP contribution is -2.33. The van der Waals surface area contributed by atoms with Crippen LogP contribution in [-0.4, -0.2) is 29.3 Å². The summed E-state index contributed by atoms with van der Waals surface area (Å²) in [6.07, 6.45) is 1.53. The monoisotopic (exact) mass is 394 g/mol. The van der Waals surface area contributed by atoms with Crippen LogP contribution < -0.4 is 5.32 Å². The number of carbonyl (C=O) groups excluding carboxylic acids is 3. The SMILES string of the molecule is CC(=O)c1c(C)[nH]c(C(=O)OCC(=O)NC(c2ccccc2)c2ccco2)c1C. The van der Waals surface area contributed by atoms with E-state index in [-0.39, 0.29) is 11.5 Å². The molecule has 2 heterocycles. The Labute approximate surface area is 168 Å². The normalized spacial score (nSPS) is 11.7. The van der Waals surface area contributed by atoms with E-state index < -0.39 is 24.5 Å². The van der Waals surface area contributed by atoms with Crippen LogP contribution in [0.1, 0.15) is 56.4 Å². The number of nitrogens with one attached hydrogen (secondary N) is 2. The summed E-state index contributed by atoms with van der Waals surface area (Å²) in [4.78, 5) is 39.4. The van der Waals surface area contributed by atoms with E-state index in [0.29, 0.717) is 22.6 Å². The molecule has 3 aromatic rings. The molecule has 29 heavy (non-hydrogen) atoms. The topological polar surface area (TPSA) is 101 Å². The van der Waals surface area contributed by atoms with Gasteiger partial charge in [-0.1, -0.05) is 30.3 Å². The van der Waals surface area contributed by atoms with Crippen molar-refractivity contribution in [1.29, 1.82) is 0 Å². The molecule has 1 unspecified atom stereocenters. The molecule has 7 heteroatoms. The molecule has 0 saturated carbocycles. The maximum Gasteiger partial charge on any atom is 0.355 e. The molecule has 0 aliphatic carbocycles. The van der Waals surface area contributed by atoms with Crippen molar-refractivity contribution in [3.05, 3.63) is 82.6 Å². The lowest BCUT2D eigenvalue weighted by Gasteiger charge is -2.17. The number of aromatic nitrogens is 1. The number of carbonyl (C=O) groups is 3. The van der Waals surface area contributed by atoms with Crippen molar-refractivity contribution >= 4 is 17.7 Å². The van der Waals surface area contributed by atoms with Gasteiger partial charge in [-0.05, 0) is 44.0 Å². The van der Waals surface area contributed by atoms with Gasteiger partial charge in [0.25, 0.3) is 5.91 Å². The number of aryl methyl sites for hydroxylation is 1. The van der Waals surface area contributed by atoms with Crippen molar-refractivity contribution < 1.29 is 23.5 Å². The van der Waals surface area contributed by atoms with Crippen molar-refractivity contribution in [2.75, 3.05) is 6.61 Å². The zero-order valence-corrected chi connectivity index (χ0v) is 16.4. The van der Waals surface area contributed by atoms with Gasteiger partial charge in [0.1, 0.15) is 17.5 Å². The van der Waals surface area contributed by atoms with Gasteiger partial charge >= 0.3 is 5.97 Å². The summed E-state index contributed by atoms with van der Waals surface area (Å²) in [5.74, 6) is -0.742. The molecule has 0 saturated heterocycles. The third kappa shape index (κ3) is 4.45. The standard InChI is InChI=1S/C22H22N2O5/c1-13-19(15(3)25)14(2)23-20(13)22(27)29-12-18(26)24-21(17-10-7-11-28-17)16-8-5-4-6-9-16/h4-11,21,23H,12H2,1-3H3,(H,24,26). The van der Waals surface area contributed by atoms with Crippen molar-refractivity contribution in [1.82, 2.24) is 10.3 Å². The molecule has 2 N–H and O–H groups in total. The molecule has 0 aliphatic rings. The zero-order chi connectivity index (χ0) is 21.0. The number of H-pyrrole nitrogens is 1. The number of ketones is 1. The lowest BCUT2D eigenvalue weighted by molar-refractivity contribution is -0.124. The van der Waals surface area contributed by atoms with E-state index >= 15 is 0 Å². The molecule has 1 aromatic carbocycles. The largest absolute Gasteiger partial charge is 0.467 e. The second kappa shape index (κ2) is 8.60. The quantitative estimate of drug-likeness (QED) is 0.472. The summed E-state index contributed by atoms with van der Waals surface area (Å²) in [7, 11) is 0. The Kier molecular flexibility index (Phi) is 5.97. The number of hydrogen-bond donors (Lipinski definition) is 2. The highest BCUT2D eigenvalue weighted by molar-refractivity contribution is 6.01. The van der Waals surface area contributed by atoms with Gasteiger partial charge in [0.15, 0.2) is 12.4 Å². The first-order chi connectivity index (χ1) is 13.9. The van der Waals surface area contributed by atoms with Crippen molar-refractivity contribution in [3.8, 4) is 0 Å². The van der Waals surface area contributed by atoms with Gasteiger partial charge in [0, 0.05) is 11.3 Å². The molecule has 150 valence electrons. The van der Waals surface area contributed by atoms with Crippen LogP contribution in [-0.2, 0) is 9.53 Å². The molecular formula is C22H22N2O5. The van der Waals surface area contributed by atoms with Crippen LogP contribution in [0.2, 0.25) is 0 Å². The molecule has 2 aromatic heterocycles.